The molecule has 2 rings (SSSR count). The first kappa shape index (κ1) is 13.6. The maximum absolute atomic E-state index is 6.08. The van der Waals surface area contributed by atoms with Gasteiger partial charge in [-0.25, -0.2) is 0 Å². The van der Waals surface area contributed by atoms with Crippen LogP contribution in [-0.2, 0) is 0 Å². The van der Waals surface area contributed by atoms with Crippen LogP contribution >= 0.6 is 11.6 Å². The second-order valence-electron chi connectivity index (χ2n) is 4.75. The summed E-state index contributed by atoms with van der Waals surface area (Å²) in [5, 5.41) is 3.70. The molecule has 0 aliphatic heterocycles. The Morgan fingerprint density at radius 3 is 2.83 bits per heavy atom. The van der Waals surface area contributed by atoms with E-state index in [4.69, 9.17) is 17.3 Å². The molecule has 2 nitrogen and oxygen atoms in total. The molecule has 3 unspecified atom stereocenters. The quantitative estimate of drug-likeness (QED) is 0.749. The van der Waals surface area contributed by atoms with E-state index in [2.05, 4.69) is 47.8 Å². The van der Waals surface area contributed by atoms with Crippen molar-refractivity contribution in [1.82, 2.24) is 5.32 Å². The molecule has 0 spiro atoms. The lowest BCUT2D eigenvalue weighted by atomic mass is 9.85. The zero-order chi connectivity index (χ0) is 12.8. The minimum atomic E-state index is 0.144. The molecule has 0 saturated heterocycles. The van der Waals surface area contributed by atoms with Crippen LogP contribution in [0.2, 0.25) is 0 Å². The standard InChI is InChI=1S/C15H21ClN2/c16-14-8-6-13(7-9-14)15(18-11-10-17)12-4-2-1-3-5-12/h1-4,6-8,12,14-15,18H,5,9-11,17H2. The Morgan fingerprint density at radius 2 is 2.22 bits per heavy atom. The fourth-order valence-electron chi connectivity index (χ4n) is 2.44. The van der Waals surface area contributed by atoms with Gasteiger partial charge in [0.2, 0.25) is 0 Å². The first-order valence-corrected chi connectivity index (χ1v) is 7.04. The van der Waals surface area contributed by atoms with Gasteiger partial charge in [0.15, 0.2) is 0 Å². The van der Waals surface area contributed by atoms with Gasteiger partial charge < -0.3 is 11.1 Å². The van der Waals surface area contributed by atoms with Crippen LogP contribution in [-0.4, -0.2) is 24.5 Å². The first-order valence-electron chi connectivity index (χ1n) is 6.60. The zero-order valence-corrected chi connectivity index (χ0v) is 11.3. The average molecular weight is 265 g/mol. The van der Waals surface area contributed by atoms with Crippen LogP contribution in [0.1, 0.15) is 12.8 Å². The molecule has 18 heavy (non-hydrogen) atoms. The van der Waals surface area contributed by atoms with Crippen molar-refractivity contribution in [3.05, 3.63) is 48.1 Å². The molecule has 0 amide bonds. The number of halogens is 1. The summed E-state index contributed by atoms with van der Waals surface area (Å²) in [6.07, 6.45) is 17.2. The average Bonchev–Trinajstić information content (AvgIpc) is 2.42. The number of allylic oxidation sites excluding steroid dienone is 5. The molecule has 3 N–H and O–H groups in total. The molecule has 0 aromatic heterocycles. The maximum atomic E-state index is 6.08. The van der Waals surface area contributed by atoms with Crippen molar-refractivity contribution in [2.45, 2.75) is 24.3 Å². The van der Waals surface area contributed by atoms with E-state index in [9.17, 15) is 0 Å². The molecule has 2 aliphatic carbocycles. The molecule has 98 valence electrons. The van der Waals surface area contributed by atoms with Gasteiger partial charge >= 0.3 is 0 Å². The van der Waals surface area contributed by atoms with Crippen molar-refractivity contribution in [3.63, 3.8) is 0 Å². The summed E-state index contributed by atoms with van der Waals surface area (Å²) in [6, 6.07) is 0.343. The molecule has 0 aromatic rings. The van der Waals surface area contributed by atoms with Crippen molar-refractivity contribution in [3.8, 4) is 0 Å². The van der Waals surface area contributed by atoms with E-state index in [0.29, 0.717) is 18.5 Å². The summed E-state index contributed by atoms with van der Waals surface area (Å²) >= 11 is 6.08. The normalized spacial score (nSPS) is 28.2. The van der Waals surface area contributed by atoms with Gasteiger partial charge in [-0.2, -0.15) is 0 Å². The van der Waals surface area contributed by atoms with Crippen molar-refractivity contribution >= 4 is 11.6 Å². The van der Waals surface area contributed by atoms with E-state index in [1.807, 2.05) is 0 Å². The van der Waals surface area contributed by atoms with Crippen LogP contribution in [0, 0.1) is 5.92 Å². The Morgan fingerprint density at radius 1 is 1.33 bits per heavy atom. The first-order chi connectivity index (χ1) is 8.81. The number of nitrogens with one attached hydrogen (secondary N) is 1. The predicted octanol–water partition coefficient (Wildman–Crippen LogP) is 2.53. The summed E-state index contributed by atoms with van der Waals surface area (Å²) in [7, 11) is 0. The van der Waals surface area contributed by atoms with Crippen LogP contribution in [0.3, 0.4) is 0 Å². The van der Waals surface area contributed by atoms with Crippen molar-refractivity contribution in [1.29, 1.82) is 0 Å². The van der Waals surface area contributed by atoms with Crippen LogP contribution in [0.5, 0.6) is 0 Å². The summed E-state index contributed by atoms with van der Waals surface area (Å²) < 4.78 is 0. The summed E-state index contributed by atoms with van der Waals surface area (Å²) in [5.74, 6) is 0.504. The van der Waals surface area contributed by atoms with Crippen molar-refractivity contribution in [2.75, 3.05) is 13.1 Å². The van der Waals surface area contributed by atoms with E-state index in [0.717, 1.165) is 19.4 Å². The Hall–Kier alpha value is -0.830. The fourth-order valence-corrected chi connectivity index (χ4v) is 2.61. The molecule has 0 aromatic carbocycles. The van der Waals surface area contributed by atoms with Gasteiger partial charge in [0.05, 0.1) is 5.38 Å². The molecule has 0 radical (unpaired) electrons. The Bertz CT molecular complexity index is 382. The number of alkyl halides is 1. The molecule has 0 bridgehead atoms. The van der Waals surface area contributed by atoms with E-state index in [-0.39, 0.29) is 5.38 Å². The molecule has 0 saturated carbocycles. The minimum absolute atomic E-state index is 0.144. The Balaban J connectivity index is 2.07. The SMILES string of the molecule is NCCNC(C1=CCC(Cl)C=C1)C1C=CC=CC1. The van der Waals surface area contributed by atoms with Gasteiger partial charge in [0, 0.05) is 25.0 Å². The molecular weight excluding hydrogens is 244 g/mol. The van der Waals surface area contributed by atoms with E-state index >= 15 is 0 Å². The smallest absolute Gasteiger partial charge is 0.0553 e. The summed E-state index contributed by atoms with van der Waals surface area (Å²) in [6.45, 7) is 1.51. The topological polar surface area (TPSA) is 38.0 Å². The van der Waals surface area contributed by atoms with Gasteiger partial charge in [-0.05, 0) is 18.4 Å². The van der Waals surface area contributed by atoms with E-state index < -0.39 is 0 Å². The molecule has 3 atom stereocenters. The molecule has 3 heteroatoms. The van der Waals surface area contributed by atoms with Gasteiger partial charge in [-0.1, -0.05) is 42.5 Å². The highest BCUT2D eigenvalue weighted by Gasteiger charge is 2.22. The Labute approximate surface area is 114 Å². The molecule has 0 fully saturated rings. The van der Waals surface area contributed by atoms with Gasteiger partial charge in [-0.15, -0.1) is 11.6 Å². The second kappa shape index (κ2) is 6.93. The van der Waals surface area contributed by atoms with Crippen LogP contribution < -0.4 is 11.1 Å². The number of hydrogen-bond acceptors (Lipinski definition) is 2. The lowest BCUT2D eigenvalue weighted by Crippen LogP contribution is -2.40. The third kappa shape index (κ3) is 3.58. The third-order valence-corrected chi connectivity index (χ3v) is 3.71. The van der Waals surface area contributed by atoms with Crippen LogP contribution in [0.15, 0.2) is 48.1 Å². The highest BCUT2D eigenvalue weighted by Crippen LogP contribution is 2.25. The minimum Gasteiger partial charge on any atom is -0.329 e. The molecule has 0 heterocycles. The fraction of sp³-hybridized carbons (Fsp3) is 0.467. The lowest BCUT2D eigenvalue weighted by Gasteiger charge is -2.29. The summed E-state index contributed by atoms with van der Waals surface area (Å²) in [5.41, 5.74) is 6.94. The van der Waals surface area contributed by atoms with Crippen molar-refractivity contribution < 1.29 is 0 Å². The number of hydrogen-bond donors (Lipinski definition) is 2. The zero-order valence-electron chi connectivity index (χ0n) is 10.6. The van der Waals surface area contributed by atoms with Crippen molar-refractivity contribution in [2.24, 2.45) is 11.7 Å². The third-order valence-electron chi connectivity index (χ3n) is 3.39. The molecular formula is C15H21ClN2. The second-order valence-corrected chi connectivity index (χ2v) is 5.31. The maximum Gasteiger partial charge on any atom is 0.0553 e. The van der Waals surface area contributed by atoms with Gasteiger partial charge in [0.25, 0.3) is 0 Å². The predicted molar refractivity (Wildman–Crippen MR) is 78.7 cm³/mol. The monoisotopic (exact) mass is 264 g/mol. The Kier molecular flexibility index (Phi) is 5.24. The van der Waals surface area contributed by atoms with Crippen LogP contribution in [0.4, 0.5) is 0 Å². The van der Waals surface area contributed by atoms with Gasteiger partial charge in [-0.3, -0.25) is 0 Å². The number of nitrogens with two attached hydrogens (primary N) is 1. The van der Waals surface area contributed by atoms with Gasteiger partial charge in [0.1, 0.15) is 0 Å². The van der Waals surface area contributed by atoms with E-state index in [1.54, 1.807) is 0 Å². The van der Waals surface area contributed by atoms with Crippen LogP contribution in [0.25, 0.3) is 0 Å². The highest BCUT2D eigenvalue weighted by molar-refractivity contribution is 6.22. The van der Waals surface area contributed by atoms with E-state index in [1.165, 1.54) is 5.57 Å². The lowest BCUT2D eigenvalue weighted by molar-refractivity contribution is 0.463. The largest absolute Gasteiger partial charge is 0.329 e. The highest BCUT2D eigenvalue weighted by atomic mass is 35.5. The molecule has 2 aliphatic rings. The number of rotatable bonds is 5. The summed E-state index contributed by atoms with van der Waals surface area (Å²) in [4.78, 5) is 0.